The number of carbonyl (C=O) groups excluding carboxylic acids is 2. The van der Waals surface area contributed by atoms with E-state index in [1.807, 2.05) is 31.2 Å². The molecule has 230 valence electrons. The largest absolute Gasteiger partial charge is 0.493 e. The Morgan fingerprint density at radius 1 is 0.977 bits per heavy atom. The van der Waals surface area contributed by atoms with Gasteiger partial charge in [0.05, 0.1) is 24.8 Å². The fourth-order valence-electron chi connectivity index (χ4n) is 5.15. The van der Waals surface area contributed by atoms with Gasteiger partial charge in [0.1, 0.15) is 12.6 Å². The van der Waals surface area contributed by atoms with Crippen LogP contribution < -0.4 is 19.1 Å². The lowest BCUT2D eigenvalue weighted by atomic mass is 10.1. The molecule has 0 spiro atoms. The third-order valence-electron chi connectivity index (χ3n) is 7.65. The van der Waals surface area contributed by atoms with Crippen LogP contribution in [-0.4, -0.2) is 58.0 Å². The third kappa shape index (κ3) is 7.88. The van der Waals surface area contributed by atoms with Crippen LogP contribution in [0.5, 0.6) is 11.5 Å². The minimum atomic E-state index is -4.21. The Bertz CT molecular complexity index is 1540. The molecule has 43 heavy (non-hydrogen) atoms. The highest BCUT2D eigenvalue weighted by Crippen LogP contribution is 2.34. The van der Waals surface area contributed by atoms with Gasteiger partial charge in [-0.05, 0) is 68.7 Å². The van der Waals surface area contributed by atoms with Crippen LogP contribution in [0.2, 0.25) is 0 Å². The third-order valence-corrected chi connectivity index (χ3v) is 9.94. The van der Waals surface area contributed by atoms with Crippen molar-refractivity contribution in [2.45, 2.75) is 63.1 Å². The number of ether oxygens (including phenoxy) is 2. The predicted molar refractivity (Wildman–Crippen MR) is 170 cm³/mol. The van der Waals surface area contributed by atoms with Crippen LogP contribution >= 0.6 is 15.9 Å². The van der Waals surface area contributed by atoms with E-state index >= 15 is 0 Å². The smallest absolute Gasteiger partial charge is 0.264 e. The van der Waals surface area contributed by atoms with Gasteiger partial charge in [0.2, 0.25) is 11.8 Å². The second-order valence-electron chi connectivity index (χ2n) is 10.7. The monoisotopic (exact) mass is 671 g/mol. The molecule has 0 aromatic heterocycles. The summed E-state index contributed by atoms with van der Waals surface area (Å²) in [5, 5.41) is 3.08. The van der Waals surface area contributed by atoms with E-state index in [2.05, 4.69) is 21.2 Å². The number of anilines is 1. The molecule has 9 nitrogen and oxygen atoms in total. The second-order valence-corrected chi connectivity index (χ2v) is 13.5. The number of nitrogens with one attached hydrogen (secondary N) is 1. The zero-order valence-electron chi connectivity index (χ0n) is 24.9. The predicted octanol–water partition coefficient (Wildman–Crippen LogP) is 5.45. The number of aryl methyl sites for hydroxylation is 1. The van der Waals surface area contributed by atoms with E-state index in [1.165, 1.54) is 37.3 Å². The Labute approximate surface area is 262 Å². The van der Waals surface area contributed by atoms with Crippen molar-refractivity contribution in [2.24, 2.45) is 0 Å². The van der Waals surface area contributed by atoms with Crippen LogP contribution in [0.25, 0.3) is 0 Å². The summed E-state index contributed by atoms with van der Waals surface area (Å²) in [6.07, 6.45) is 3.91. The SMILES string of the molecule is COc1ccc(N(CC(=O)N(Cc2cccc(Br)c2)[C@H](C)C(=O)NC2CCCC2)S(=O)(=O)c2ccc(C)cc2)cc1OC. The maximum atomic E-state index is 14.2. The number of benzene rings is 3. The van der Waals surface area contributed by atoms with Gasteiger partial charge in [-0.3, -0.25) is 13.9 Å². The minimum absolute atomic E-state index is 0.0336. The van der Waals surface area contributed by atoms with Crippen molar-refractivity contribution in [1.29, 1.82) is 0 Å². The lowest BCUT2D eigenvalue weighted by Crippen LogP contribution is -2.52. The first-order chi connectivity index (χ1) is 20.5. The second kappa shape index (κ2) is 14.3. The molecule has 3 aromatic carbocycles. The van der Waals surface area contributed by atoms with E-state index in [9.17, 15) is 18.0 Å². The molecule has 1 N–H and O–H groups in total. The van der Waals surface area contributed by atoms with Gasteiger partial charge in [0.25, 0.3) is 10.0 Å². The summed E-state index contributed by atoms with van der Waals surface area (Å²) in [6.45, 7) is 3.11. The van der Waals surface area contributed by atoms with Crippen molar-refractivity contribution in [3.63, 3.8) is 0 Å². The van der Waals surface area contributed by atoms with Crippen LogP contribution in [0.3, 0.4) is 0 Å². The summed E-state index contributed by atoms with van der Waals surface area (Å²) in [7, 11) is -1.27. The van der Waals surface area contributed by atoms with E-state index < -0.39 is 28.5 Å². The molecule has 0 saturated heterocycles. The molecule has 0 bridgehead atoms. The Balaban J connectivity index is 1.73. The molecule has 3 aromatic rings. The molecule has 1 atom stereocenters. The molecule has 0 heterocycles. The first-order valence-corrected chi connectivity index (χ1v) is 16.4. The van der Waals surface area contributed by atoms with Gasteiger partial charge in [-0.15, -0.1) is 0 Å². The van der Waals surface area contributed by atoms with Crippen molar-refractivity contribution in [3.05, 3.63) is 82.3 Å². The molecule has 0 radical (unpaired) electrons. The molecular formula is C32H38BrN3O6S. The summed E-state index contributed by atoms with van der Waals surface area (Å²) in [4.78, 5) is 29.0. The fourth-order valence-corrected chi connectivity index (χ4v) is 7.01. The van der Waals surface area contributed by atoms with Crippen molar-refractivity contribution in [1.82, 2.24) is 10.2 Å². The van der Waals surface area contributed by atoms with E-state index in [1.54, 1.807) is 31.2 Å². The van der Waals surface area contributed by atoms with Gasteiger partial charge in [0, 0.05) is 23.1 Å². The highest BCUT2D eigenvalue weighted by atomic mass is 79.9. The molecule has 1 aliphatic carbocycles. The van der Waals surface area contributed by atoms with Gasteiger partial charge < -0.3 is 19.7 Å². The first kappa shape index (κ1) is 32.3. The number of carbonyl (C=O) groups is 2. The Kier molecular flexibility index (Phi) is 10.7. The first-order valence-electron chi connectivity index (χ1n) is 14.2. The van der Waals surface area contributed by atoms with E-state index in [4.69, 9.17) is 9.47 Å². The van der Waals surface area contributed by atoms with Gasteiger partial charge >= 0.3 is 0 Å². The van der Waals surface area contributed by atoms with Gasteiger partial charge in [-0.25, -0.2) is 8.42 Å². The van der Waals surface area contributed by atoms with Crippen molar-refractivity contribution < 1.29 is 27.5 Å². The van der Waals surface area contributed by atoms with E-state index in [0.717, 1.165) is 45.6 Å². The summed E-state index contributed by atoms with van der Waals surface area (Å²) >= 11 is 3.47. The average molecular weight is 673 g/mol. The number of nitrogens with zero attached hydrogens (tertiary/aromatic N) is 2. The molecule has 1 aliphatic rings. The number of rotatable bonds is 12. The fraction of sp³-hybridized carbons (Fsp3) is 0.375. The lowest BCUT2D eigenvalue weighted by molar-refractivity contribution is -0.139. The molecule has 0 unspecified atom stereocenters. The number of amides is 2. The minimum Gasteiger partial charge on any atom is -0.493 e. The molecular weight excluding hydrogens is 634 g/mol. The Morgan fingerprint density at radius 2 is 1.65 bits per heavy atom. The van der Waals surface area contributed by atoms with E-state index in [-0.39, 0.29) is 29.1 Å². The maximum absolute atomic E-state index is 14.2. The standard InChI is InChI=1S/C32H38BrN3O6S/c1-22-12-15-28(16-13-22)43(39,40)36(27-14-17-29(41-3)30(19-27)42-4)21-31(37)35(20-24-8-7-9-25(33)18-24)23(2)32(38)34-26-10-5-6-11-26/h7-9,12-19,23,26H,5-6,10-11,20-21H2,1-4H3,(H,34,38)/t23-/m1/s1. The lowest BCUT2D eigenvalue weighted by Gasteiger charge is -2.32. The quantitative estimate of drug-likeness (QED) is 0.275. The van der Waals surface area contributed by atoms with Gasteiger partial charge in [0.15, 0.2) is 11.5 Å². The van der Waals surface area contributed by atoms with Gasteiger partial charge in [-0.1, -0.05) is 58.6 Å². The van der Waals surface area contributed by atoms with Crippen molar-refractivity contribution in [2.75, 3.05) is 25.1 Å². The zero-order chi connectivity index (χ0) is 31.1. The van der Waals surface area contributed by atoms with Crippen LogP contribution in [0.4, 0.5) is 5.69 Å². The molecule has 0 aliphatic heterocycles. The normalized spacial score (nSPS) is 14.2. The average Bonchev–Trinajstić information content (AvgIpc) is 3.51. The summed E-state index contributed by atoms with van der Waals surface area (Å²) in [5.74, 6) is -0.0700. The number of sulfonamides is 1. The number of hydrogen-bond donors (Lipinski definition) is 1. The van der Waals surface area contributed by atoms with Crippen LogP contribution in [0.1, 0.15) is 43.7 Å². The van der Waals surface area contributed by atoms with Crippen molar-refractivity contribution in [3.8, 4) is 11.5 Å². The topological polar surface area (TPSA) is 105 Å². The summed E-state index contributed by atoms with van der Waals surface area (Å²) < 4.78 is 40.8. The number of methoxy groups -OCH3 is 2. The van der Waals surface area contributed by atoms with Crippen LogP contribution in [-0.2, 0) is 26.2 Å². The van der Waals surface area contributed by atoms with E-state index in [0.29, 0.717) is 11.5 Å². The number of hydrogen-bond acceptors (Lipinski definition) is 6. The molecule has 1 saturated carbocycles. The zero-order valence-corrected chi connectivity index (χ0v) is 27.3. The Hall–Kier alpha value is -3.57. The molecule has 2 amide bonds. The molecule has 1 fully saturated rings. The Morgan fingerprint density at radius 3 is 2.28 bits per heavy atom. The summed E-state index contributed by atoms with van der Waals surface area (Å²) in [6, 6.07) is 17.8. The highest BCUT2D eigenvalue weighted by molar-refractivity contribution is 9.10. The summed E-state index contributed by atoms with van der Waals surface area (Å²) in [5.41, 5.74) is 1.91. The van der Waals surface area contributed by atoms with Crippen molar-refractivity contribution >= 4 is 43.5 Å². The highest BCUT2D eigenvalue weighted by Gasteiger charge is 2.33. The van der Waals surface area contributed by atoms with Crippen LogP contribution in [0, 0.1) is 6.92 Å². The molecule has 11 heteroatoms. The number of halogens is 1. The molecule has 4 rings (SSSR count). The van der Waals surface area contributed by atoms with Crippen LogP contribution in [0.15, 0.2) is 76.1 Å². The maximum Gasteiger partial charge on any atom is 0.264 e. The van der Waals surface area contributed by atoms with Gasteiger partial charge in [-0.2, -0.15) is 0 Å².